The van der Waals surface area contributed by atoms with Crippen molar-refractivity contribution in [3.8, 4) is 5.75 Å². The van der Waals surface area contributed by atoms with Crippen LogP contribution in [0, 0.1) is 5.41 Å². The third-order valence-corrected chi connectivity index (χ3v) is 6.35. The summed E-state index contributed by atoms with van der Waals surface area (Å²) in [6.45, 7) is 12.3. The second kappa shape index (κ2) is 7.02. The van der Waals surface area contributed by atoms with Crippen LogP contribution in [-0.4, -0.2) is 19.1 Å². The van der Waals surface area contributed by atoms with Crippen LogP contribution in [0.1, 0.15) is 71.9 Å². The molecule has 1 unspecified atom stereocenters. The van der Waals surface area contributed by atoms with E-state index in [0.717, 1.165) is 34.2 Å². The molecule has 0 fully saturated rings. The Morgan fingerprint density at radius 3 is 2.40 bits per heavy atom. The normalized spacial score (nSPS) is 22.4. The van der Waals surface area contributed by atoms with Gasteiger partial charge < -0.3 is 4.74 Å². The highest BCUT2D eigenvalue weighted by Gasteiger charge is 2.54. The molecular weight excluding hydrogens is 383 g/mol. The standard InChI is InChI=1S/C21H30BrFO2/c1-7-10-25-17-12-14-15(11-16(17)22)21(18(24)13-23,19(2,3)4)9-8-20(14,5)6/h11-12H,7-10,13H2,1-6H3. The molecule has 0 N–H and O–H groups in total. The minimum absolute atomic E-state index is 0.0777. The first-order valence-corrected chi connectivity index (χ1v) is 9.87. The van der Waals surface area contributed by atoms with Crippen molar-refractivity contribution < 1.29 is 13.9 Å². The number of halogens is 2. The van der Waals surface area contributed by atoms with Gasteiger partial charge in [-0.1, -0.05) is 41.5 Å². The van der Waals surface area contributed by atoms with E-state index in [1.54, 1.807) is 0 Å². The number of benzene rings is 1. The summed E-state index contributed by atoms with van der Waals surface area (Å²) >= 11 is 3.60. The van der Waals surface area contributed by atoms with E-state index in [2.05, 4.69) is 42.8 Å². The van der Waals surface area contributed by atoms with E-state index in [0.29, 0.717) is 13.0 Å². The number of ketones is 1. The van der Waals surface area contributed by atoms with Gasteiger partial charge in [0.1, 0.15) is 12.4 Å². The van der Waals surface area contributed by atoms with Crippen molar-refractivity contribution in [3.63, 3.8) is 0 Å². The first-order valence-electron chi connectivity index (χ1n) is 9.08. The third kappa shape index (κ3) is 3.39. The molecule has 1 aromatic carbocycles. The van der Waals surface area contributed by atoms with Crippen LogP contribution in [0.2, 0.25) is 0 Å². The van der Waals surface area contributed by atoms with Gasteiger partial charge in [0.25, 0.3) is 0 Å². The molecule has 0 saturated carbocycles. The summed E-state index contributed by atoms with van der Waals surface area (Å²) in [7, 11) is 0. The van der Waals surface area contributed by atoms with E-state index in [9.17, 15) is 9.18 Å². The van der Waals surface area contributed by atoms with Gasteiger partial charge in [0, 0.05) is 0 Å². The maximum Gasteiger partial charge on any atom is 0.174 e. The SMILES string of the molecule is CCCOc1cc2c(cc1Br)C(C(=O)CF)(C(C)(C)C)CCC2(C)C. The summed E-state index contributed by atoms with van der Waals surface area (Å²) < 4.78 is 20.3. The van der Waals surface area contributed by atoms with E-state index in [-0.39, 0.29) is 16.6 Å². The smallest absolute Gasteiger partial charge is 0.174 e. The van der Waals surface area contributed by atoms with Gasteiger partial charge in [0.05, 0.1) is 16.5 Å². The zero-order valence-electron chi connectivity index (χ0n) is 16.3. The minimum atomic E-state index is -0.928. The van der Waals surface area contributed by atoms with Crippen molar-refractivity contribution in [1.29, 1.82) is 0 Å². The Labute approximate surface area is 159 Å². The van der Waals surface area contributed by atoms with E-state index in [1.165, 1.54) is 0 Å². The topological polar surface area (TPSA) is 26.3 Å². The first kappa shape index (κ1) is 20.4. The highest BCUT2D eigenvalue weighted by molar-refractivity contribution is 9.10. The molecule has 0 radical (unpaired) electrons. The average Bonchev–Trinajstić information content (AvgIpc) is 2.51. The minimum Gasteiger partial charge on any atom is -0.492 e. The number of hydrogen-bond acceptors (Lipinski definition) is 2. The van der Waals surface area contributed by atoms with Gasteiger partial charge in [-0.25, -0.2) is 4.39 Å². The lowest BCUT2D eigenvalue weighted by atomic mass is 9.51. The molecule has 0 aliphatic heterocycles. The van der Waals surface area contributed by atoms with E-state index >= 15 is 0 Å². The maximum absolute atomic E-state index is 13.6. The molecular formula is C21H30BrFO2. The Bertz CT molecular complexity index is 661. The molecule has 2 nitrogen and oxygen atoms in total. The zero-order valence-corrected chi connectivity index (χ0v) is 17.8. The number of hydrogen-bond donors (Lipinski definition) is 0. The second-order valence-electron chi connectivity index (χ2n) is 8.77. The van der Waals surface area contributed by atoms with E-state index < -0.39 is 12.1 Å². The molecule has 0 heterocycles. The van der Waals surface area contributed by atoms with Gasteiger partial charge in [0.15, 0.2) is 5.78 Å². The van der Waals surface area contributed by atoms with Crippen molar-refractivity contribution in [2.45, 2.75) is 71.6 Å². The number of ether oxygens (including phenoxy) is 1. The molecule has 4 heteroatoms. The molecule has 140 valence electrons. The first-order chi connectivity index (χ1) is 11.5. The summed E-state index contributed by atoms with van der Waals surface area (Å²) in [6, 6.07) is 4.06. The van der Waals surface area contributed by atoms with Gasteiger partial charge in [-0.2, -0.15) is 0 Å². The van der Waals surface area contributed by atoms with E-state index in [4.69, 9.17) is 4.74 Å². The van der Waals surface area contributed by atoms with Gasteiger partial charge in [-0.3, -0.25) is 4.79 Å². The maximum atomic E-state index is 13.6. The summed E-state index contributed by atoms with van der Waals surface area (Å²) in [6.07, 6.45) is 2.44. The molecule has 1 atom stereocenters. The molecule has 0 amide bonds. The van der Waals surface area contributed by atoms with Crippen LogP contribution in [0.3, 0.4) is 0 Å². The summed E-state index contributed by atoms with van der Waals surface area (Å²) in [4.78, 5) is 12.9. The van der Waals surface area contributed by atoms with Gasteiger partial charge in [-0.05, 0) is 69.3 Å². The summed E-state index contributed by atoms with van der Waals surface area (Å²) in [5.74, 6) is 0.483. The van der Waals surface area contributed by atoms with Gasteiger partial charge in [-0.15, -0.1) is 0 Å². The Kier molecular flexibility index (Phi) is 5.73. The van der Waals surface area contributed by atoms with Crippen molar-refractivity contribution in [2.75, 3.05) is 13.3 Å². The Morgan fingerprint density at radius 1 is 1.24 bits per heavy atom. The molecule has 25 heavy (non-hydrogen) atoms. The molecule has 0 bridgehead atoms. The largest absolute Gasteiger partial charge is 0.492 e. The summed E-state index contributed by atoms with van der Waals surface area (Å²) in [5, 5.41) is 0. The Balaban J connectivity index is 2.76. The zero-order chi connectivity index (χ0) is 19.0. The van der Waals surface area contributed by atoms with Crippen molar-refractivity contribution in [3.05, 3.63) is 27.7 Å². The van der Waals surface area contributed by atoms with Gasteiger partial charge in [0.2, 0.25) is 0 Å². The van der Waals surface area contributed by atoms with Crippen molar-refractivity contribution in [1.82, 2.24) is 0 Å². The predicted octanol–water partition coefficient (Wildman–Crippen LogP) is 6.13. The third-order valence-electron chi connectivity index (χ3n) is 5.73. The van der Waals surface area contributed by atoms with Crippen molar-refractivity contribution in [2.24, 2.45) is 5.41 Å². The molecule has 0 aromatic heterocycles. The lowest BCUT2D eigenvalue weighted by Crippen LogP contribution is -2.52. The Hall–Kier alpha value is -0.900. The molecule has 0 saturated heterocycles. The number of carbonyl (C=O) groups excluding carboxylic acids is 1. The number of rotatable bonds is 5. The van der Waals surface area contributed by atoms with Crippen LogP contribution >= 0.6 is 15.9 Å². The fourth-order valence-electron chi connectivity index (χ4n) is 4.16. The monoisotopic (exact) mass is 412 g/mol. The van der Waals surface area contributed by atoms with Gasteiger partial charge >= 0.3 is 0 Å². The number of Topliss-reactive ketones (excluding diaryl/α,β-unsaturated/α-hetero) is 1. The predicted molar refractivity (Wildman–Crippen MR) is 104 cm³/mol. The Morgan fingerprint density at radius 2 is 1.88 bits per heavy atom. The highest BCUT2D eigenvalue weighted by Crippen LogP contribution is 2.56. The number of carbonyl (C=O) groups is 1. The quantitative estimate of drug-likeness (QED) is 0.580. The molecule has 1 aliphatic rings. The molecule has 1 aromatic rings. The van der Waals surface area contributed by atoms with Crippen LogP contribution in [0.25, 0.3) is 0 Å². The highest BCUT2D eigenvalue weighted by atomic mass is 79.9. The number of fused-ring (bicyclic) bond motifs is 1. The summed E-state index contributed by atoms with van der Waals surface area (Å²) in [5.41, 5.74) is 0.802. The molecule has 1 aliphatic carbocycles. The lowest BCUT2D eigenvalue weighted by molar-refractivity contribution is -0.130. The fraction of sp³-hybridized carbons (Fsp3) is 0.667. The van der Waals surface area contributed by atoms with Crippen LogP contribution in [0.15, 0.2) is 16.6 Å². The molecule has 0 spiro atoms. The lowest BCUT2D eigenvalue weighted by Gasteiger charge is -2.51. The fourth-order valence-corrected chi connectivity index (χ4v) is 4.62. The second-order valence-corrected chi connectivity index (χ2v) is 9.63. The molecule has 2 rings (SSSR count). The average molecular weight is 413 g/mol. The van der Waals surface area contributed by atoms with E-state index in [1.807, 2.05) is 26.8 Å². The van der Waals surface area contributed by atoms with Crippen LogP contribution in [-0.2, 0) is 15.6 Å². The van der Waals surface area contributed by atoms with Crippen LogP contribution < -0.4 is 4.74 Å². The van der Waals surface area contributed by atoms with Crippen molar-refractivity contribution >= 4 is 21.7 Å². The number of alkyl halides is 1. The van der Waals surface area contributed by atoms with Crippen LogP contribution in [0.4, 0.5) is 4.39 Å². The van der Waals surface area contributed by atoms with Crippen LogP contribution in [0.5, 0.6) is 5.75 Å².